The lowest BCUT2D eigenvalue weighted by molar-refractivity contribution is 0.0321. The second-order valence-electron chi connectivity index (χ2n) is 5.30. The van der Waals surface area contributed by atoms with Gasteiger partial charge in [0.25, 0.3) is 0 Å². The minimum Gasteiger partial charge on any atom is -0.388 e. The Morgan fingerprint density at radius 1 is 1.53 bits per heavy atom. The lowest BCUT2D eigenvalue weighted by atomic mass is 10.1. The van der Waals surface area contributed by atoms with Gasteiger partial charge in [0.2, 0.25) is 0 Å². The van der Waals surface area contributed by atoms with Gasteiger partial charge in [-0.25, -0.2) is 0 Å². The molecule has 1 aromatic rings. The van der Waals surface area contributed by atoms with E-state index in [-0.39, 0.29) is 0 Å². The van der Waals surface area contributed by atoms with E-state index < -0.39 is 5.60 Å². The average Bonchev–Trinajstić information content (AvgIpc) is 2.39. The Morgan fingerprint density at radius 3 is 2.94 bits per heavy atom. The summed E-state index contributed by atoms with van der Waals surface area (Å²) in [6.07, 6.45) is 3.62. The number of aliphatic hydroxyl groups is 1. The van der Waals surface area contributed by atoms with Crippen LogP contribution in [-0.2, 0) is 6.54 Å². The van der Waals surface area contributed by atoms with E-state index in [0.717, 1.165) is 13.1 Å². The Balaban J connectivity index is 2.03. The van der Waals surface area contributed by atoms with Gasteiger partial charge in [-0.1, -0.05) is 0 Å². The highest BCUT2D eigenvalue weighted by molar-refractivity contribution is 5.09. The third-order valence-electron chi connectivity index (χ3n) is 3.08. The number of rotatable bonds is 2. The molecule has 17 heavy (non-hydrogen) atoms. The lowest BCUT2D eigenvalue weighted by Gasteiger charge is -2.28. The summed E-state index contributed by atoms with van der Waals surface area (Å²) >= 11 is 0. The second kappa shape index (κ2) is 5.12. The summed E-state index contributed by atoms with van der Waals surface area (Å²) in [5, 5.41) is 13.6. The zero-order valence-corrected chi connectivity index (χ0v) is 10.6. The van der Waals surface area contributed by atoms with Crippen molar-refractivity contribution >= 4 is 0 Å². The van der Waals surface area contributed by atoms with Crippen molar-refractivity contribution in [3.63, 3.8) is 0 Å². The van der Waals surface area contributed by atoms with Crippen LogP contribution in [-0.4, -0.2) is 46.3 Å². The zero-order valence-electron chi connectivity index (χ0n) is 10.6. The third-order valence-corrected chi connectivity index (χ3v) is 3.08. The highest BCUT2D eigenvalue weighted by Crippen LogP contribution is 2.13. The molecule has 2 rings (SSSR count). The maximum atomic E-state index is 10.2. The van der Waals surface area contributed by atoms with Gasteiger partial charge in [0, 0.05) is 44.6 Å². The maximum Gasteiger partial charge on any atom is 0.0869 e. The highest BCUT2D eigenvalue weighted by atomic mass is 16.3. The smallest absolute Gasteiger partial charge is 0.0869 e. The van der Waals surface area contributed by atoms with Crippen molar-refractivity contribution in [1.82, 2.24) is 15.2 Å². The molecule has 0 amide bonds. The van der Waals surface area contributed by atoms with Crippen LogP contribution in [0.3, 0.4) is 0 Å². The molecule has 4 heteroatoms. The minimum atomic E-state index is -0.655. The fourth-order valence-corrected chi connectivity index (χ4v) is 2.31. The van der Waals surface area contributed by atoms with E-state index in [4.69, 9.17) is 0 Å². The van der Waals surface area contributed by atoms with E-state index in [1.807, 2.05) is 31.5 Å². The van der Waals surface area contributed by atoms with Gasteiger partial charge in [-0.2, -0.15) is 0 Å². The number of nitrogens with one attached hydrogen (secondary N) is 1. The predicted octanol–water partition coefficient (Wildman–Crippen LogP) is 0.626. The first-order valence-electron chi connectivity index (χ1n) is 6.12. The molecule has 94 valence electrons. The summed E-state index contributed by atoms with van der Waals surface area (Å²) in [5.74, 6) is 0. The first-order chi connectivity index (χ1) is 8.05. The molecular weight excluding hydrogens is 214 g/mol. The molecule has 4 nitrogen and oxygen atoms in total. The summed E-state index contributed by atoms with van der Waals surface area (Å²) in [4.78, 5) is 6.31. The van der Waals surface area contributed by atoms with Gasteiger partial charge < -0.3 is 10.4 Å². The van der Waals surface area contributed by atoms with Crippen LogP contribution in [0.5, 0.6) is 0 Å². The van der Waals surface area contributed by atoms with Crippen LogP contribution in [0.2, 0.25) is 0 Å². The molecule has 0 bridgehead atoms. The molecule has 1 aliphatic rings. The topological polar surface area (TPSA) is 48.4 Å². The molecule has 0 spiro atoms. The van der Waals surface area contributed by atoms with E-state index >= 15 is 0 Å². The van der Waals surface area contributed by atoms with Crippen LogP contribution in [0.4, 0.5) is 0 Å². The summed E-state index contributed by atoms with van der Waals surface area (Å²) in [6.45, 7) is 7.22. The maximum absolute atomic E-state index is 10.2. The largest absolute Gasteiger partial charge is 0.388 e. The monoisotopic (exact) mass is 235 g/mol. The highest BCUT2D eigenvalue weighted by Gasteiger charge is 2.28. The van der Waals surface area contributed by atoms with Crippen molar-refractivity contribution in [3.05, 3.63) is 30.1 Å². The molecule has 2 N–H and O–H groups in total. The SMILES string of the molecule is CC1CN(Cc2ccncc2)CC(C)(O)CN1. The number of nitrogens with zero attached hydrogens (tertiary/aromatic N) is 2. The first-order valence-corrected chi connectivity index (χ1v) is 6.12. The van der Waals surface area contributed by atoms with E-state index in [9.17, 15) is 5.11 Å². The normalized spacial score (nSPS) is 31.1. The first kappa shape index (κ1) is 12.5. The Labute approximate surface area is 103 Å². The van der Waals surface area contributed by atoms with Crippen molar-refractivity contribution in [2.75, 3.05) is 19.6 Å². The fraction of sp³-hybridized carbons (Fsp3) is 0.615. The van der Waals surface area contributed by atoms with Gasteiger partial charge in [-0.05, 0) is 31.5 Å². The number of hydrogen-bond acceptors (Lipinski definition) is 4. The number of aromatic nitrogens is 1. The number of pyridine rings is 1. The van der Waals surface area contributed by atoms with E-state index in [2.05, 4.69) is 22.1 Å². The Hall–Kier alpha value is -0.970. The molecule has 1 fully saturated rings. The fourth-order valence-electron chi connectivity index (χ4n) is 2.31. The van der Waals surface area contributed by atoms with Gasteiger partial charge in [0.1, 0.15) is 0 Å². The number of hydrogen-bond donors (Lipinski definition) is 2. The molecule has 0 radical (unpaired) electrons. The van der Waals surface area contributed by atoms with E-state index in [1.165, 1.54) is 5.56 Å². The molecule has 1 aliphatic heterocycles. The van der Waals surface area contributed by atoms with Crippen LogP contribution in [0.15, 0.2) is 24.5 Å². The lowest BCUT2D eigenvalue weighted by Crippen LogP contribution is -2.43. The van der Waals surface area contributed by atoms with Gasteiger partial charge in [0.05, 0.1) is 5.60 Å². The van der Waals surface area contributed by atoms with Crippen molar-refractivity contribution in [3.8, 4) is 0 Å². The molecule has 1 saturated heterocycles. The predicted molar refractivity (Wildman–Crippen MR) is 67.6 cm³/mol. The summed E-state index contributed by atoms with van der Waals surface area (Å²) in [7, 11) is 0. The molecule has 2 heterocycles. The molecule has 0 aliphatic carbocycles. The quantitative estimate of drug-likeness (QED) is 0.789. The van der Waals surface area contributed by atoms with Crippen LogP contribution >= 0.6 is 0 Å². The van der Waals surface area contributed by atoms with Crippen LogP contribution in [0.25, 0.3) is 0 Å². The van der Waals surface area contributed by atoms with Gasteiger partial charge in [0.15, 0.2) is 0 Å². The zero-order chi connectivity index (χ0) is 12.3. The van der Waals surface area contributed by atoms with Crippen LogP contribution < -0.4 is 5.32 Å². The van der Waals surface area contributed by atoms with Crippen LogP contribution in [0.1, 0.15) is 19.4 Å². The Morgan fingerprint density at radius 2 is 2.24 bits per heavy atom. The van der Waals surface area contributed by atoms with Crippen molar-refractivity contribution in [2.24, 2.45) is 0 Å². The summed E-state index contributed by atoms with van der Waals surface area (Å²) in [6, 6.07) is 4.46. The third kappa shape index (κ3) is 3.77. The molecule has 0 aromatic carbocycles. The summed E-state index contributed by atoms with van der Waals surface area (Å²) < 4.78 is 0. The molecule has 1 aromatic heterocycles. The van der Waals surface area contributed by atoms with Gasteiger partial charge in [-0.15, -0.1) is 0 Å². The van der Waals surface area contributed by atoms with Gasteiger partial charge >= 0.3 is 0 Å². The van der Waals surface area contributed by atoms with Crippen molar-refractivity contribution < 1.29 is 5.11 Å². The summed E-state index contributed by atoms with van der Waals surface area (Å²) in [5.41, 5.74) is 0.586. The van der Waals surface area contributed by atoms with Crippen molar-refractivity contribution in [1.29, 1.82) is 0 Å². The van der Waals surface area contributed by atoms with Gasteiger partial charge in [-0.3, -0.25) is 9.88 Å². The van der Waals surface area contributed by atoms with Crippen LogP contribution in [0, 0.1) is 0 Å². The molecule has 2 unspecified atom stereocenters. The molecular formula is C13H21N3O. The van der Waals surface area contributed by atoms with Crippen molar-refractivity contribution in [2.45, 2.75) is 32.0 Å². The van der Waals surface area contributed by atoms with E-state index in [1.54, 1.807) is 0 Å². The standard InChI is InChI=1S/C13H21N3O/c1-11-7-16(10-13(2,17)9-15-11)8-12-3-5-14-6-4-12/h3-6,11,15,17H,7-10H2,1-2H3. The molecule has 0 saturated carbocycles. The minimum absolute atomic E-state index is 0.408. The number of β-amino-alcohol motifs (C(OH)–C–C–N with tert-alkyl or cyclic N) is 1. The molecule has 2 atom stereocenters. The Bertz CT molecular complexity index is 353. The van der Waals surface area contributed by atoms with E-state index in [0.29, 0.717) is 19.1 Å². The second-order valence-corrected chi connectivity index (χ2v) is 5.30. The Kier molecular flexibility index (Phi) is 3.76. The average molecular weight is 235 g/mol.